The third-order valence-corrected chi connectivity index (χ3v) is 7.07. The number of hydrogen-bond donors (Lipinski definition) is 1. The molecular formula is C26H33N3O2. The lowest BCUT2D eigenvalue weighted by Crippen LogP contribution is -2.42. The Hall–Kier alpha value is -2.37. The van der Waals surface area contributed by atoms with Crippen molar-refractivity contribution in [2.75, 3.05) is 32.7 Å². The molecule has 1 saturated carbocycles. The molecular weight excluding hydrogens is 386 g/mol. The molecule has 0 unspecified atom stereocenters. The van der Waals surface area contributed by atoms with Crippen LogP contribution < -0.4 is 5.32 Å². The Balaban J connectivity index is 1.27. The molecule has 5 nitrogen and oxygen atoms in total. The summed E-state index contributed by atoms with van der Waals surface area (Å²) in [6.07, 6.45) is 5.48. The molecule has 2 aromatic rings. The molecule has 1 N–H and O–H groups in total. The molecule has 3 aliphatic rings. The van der Waals surface area contributed by atoms with Gasteiger partial charge in [-0.1, -0.05) is 55.0 Å². The summed E-state index contributed by atoms with van der Waals surface area (Å²) in [7, 11) is 0. The molecule has 1 spiro atoms. The Bertz CT molecular complexity index is 899. The first-order valence-electron chi connectivity index (χ1n) is 11.8. The van der Waals surface area contributed by atoms with Gasteiger partial charge in [0.15, 0.2) is 0 Å². The van der Waals surface area contributed by atoms with Gasteiger partial charge >= 0.3 is 6.09 Å². The van der Waals surface area contributed by atoms with Crippen molar-refractivity contribution in [1.82, 2.24) is 15.1 Å². The van der Waals surface area contributed by atoms with Crippen LogP contribution in [0.1, 0.15) is 43.2 Å². The van der Waals surface area contributed by atoms with E-state index in [1.165, 1.54) is 36.0 Å². The van der Waals surface area contributed by atoms with Crippen LogP contribution in [0.25, 0.3) is 11.1 Å². The number of carbonyl (C=O) groups excluding carboxylic acids is 1. The molecule has 5 rings (SSSR count). The average Bonchev–Trinajstić information content (AvgIpc) is 3.10. The van der Waals surface area contributed by atoms with Crippen molar-refractivity contribution in [3.63, 3.8) is 0 Å². The minimum atomic E-state index is -0.224. The number of amides is 1. The second-order valence-corrected chi connectivity index (χ2v) is 9.35. The zero-order valence-corrected chi connectivity index (χ0v) is 18.3. The average molecular weight is 420 g/mol. The second kappa shape index (κ2) is 9.01. The molecule has 2 aromatic carbocycles. The zero-order valence-electron chi connectivity index (χ0n) is 18.3. The first-order valence-corrected chi connectivity index (χ1v) is 11.8. The number of nitrogens with zero attached hydrogens (tertiary/aromatic N) is 2. The van der Waals surface area contributed by atoms with E-state index < -0.39 is 0 Å². The van der Waals surface area contributed by atoms with Gasteiger partial charge < -0.3 is 10.1 Å². The van der Waals surface area contributed by atoms with Crippen LogP contribution >= 0.6 is 0 Å². The van der Waals surface area contributed by atoms with Crippen LogP contribution in [0.3, 0.4) is 0 Å². The fraction of sp³-hybridized carbons (Fsp3) is 0.500. The summed E-state index contributed by atoms with van der Waals surface area (Å²) in [5.41, 5.74) is 4.85. The Morgan fingerprint density at radius 3 is 2.42 bits per heavy atom. The monoisotopic (exact) mass is 419 g/mol. The topological polar surface area (TPSA) is 44.8 Å². The number of ether oxygens (including phenoxy) is 1. The van der Waals surface area contributed by atoms with Gasteiger partial charge in [-0.2, -0.15) is 0 Å². The number of hydrogen-bond acceptors (Lipinski definition) is 4. The van der Waals surface area contributed by atoms with Crippen molar-refractivity contribution in [2.24, 2.45) is 0 Å². The second-order valence-electron chi connectivity index (χ2n) is 9.35. The zero-order chi connectivity index (χ0) is 21.1. The fourth-order valence-electron chi connectivity index (χ4n) is 5.33. The number of carbonyl (C=O) groups is 1. The first-order chi connectivity index (χ1) is 15.2. The van der Waals surface area contributed by atoms with Gasteiger partial charge in [-0.05, 0) is 47.9 Å². The molecule has 1 aliphatic carbocycles. The molecule has 0 aromatic heterocycles. The molecule has 0 bridgehead atoms. The summed E-state index contributed by atoms with van der Waals surface area (Å²) in [6.45, 7) is 6.68. The van der Waals surface area contributed by atoms with E-state index in [0.29, 0.717) is 6.54 Å². The molecule has 2 heterocycles. The minimum absolute atomic E-state index is 0.146. The largest absolute Gasteiger partial charge is 0.441 e. The van der Waals surface area contributed by atoms with Crippen molar-refractivity contribution in [1.29, 1.82) is 0 Å². The van der Waals surface area contributed by atoms with Gasteiger partial charge in [-0.3, -0.25) is 9.80 Å². The van der Waals surface area contributed by atoms with Gasteiger partial charge in [0.25, 0.3) is 0 Å². The van der Waals surface area contributed by atoms with Gasteiger partial charge in [0.2, 0.25) is 0 Å². The normalized spacial score (nSPS) is 21.4. The van der Waals surface area contributed by atoms with Gasteiger partial charge in [0, 0.05) is 39.3 Å². The van der Waals surface area contributed by atoms with Gasteiger partial charge in [-0.15, -0.1) is 0 Å². The standard InChI is InChI=1S/C26H33N3O2/c30-25-29(20-26(31-25)12-4-1-5-13-26)18-21-8-10-22(11-9-21)24-7-3-2-6-23(24)19-28-16-14-27-15-17-28/h2-3,6-11,27H,1,4-5,12-20H2. The Kier molecular flexibility index (Phi) is 5.97. The van der Waals surface area contributed by atoms with Gasteiger partial charge in [0.05, 0.1) is 6.54 Å². The van der Waals surface area contributed by atoms with Crippen molar-refractivity contribution in [3.8, 4) is 11.1 Å². The van der Waals surface area contributed by atoms with E-state index in [1.54, 1.807) is 0 Å². The van der Waals surface area contributed by atoms with Crippen LogP contribution in [0.4, 0.5) is 4.79 Å². The predicted octanol–water partition coefficient (Wildman–Crippen LogP) is 4.41. The third-order valence-electron chi connectivity index (χ3n) is 7.07. The summed E-state index contributed by atoms with van der Waals surface area (Å²) >= 11 is 0. The highest BCUT2D eigenvalue weighted by Crippen LogP contribution is 2.37. The lowest BCUT2D eigenvalue weighted by molar-refractivity contribution is 0.0260. The molecule has 0 radical (unpaired) electrons. The van der Waals surface area contributed by atoms with E-state index in [4.69, 9.17) is 4.74 Å². The van der Waals surface area contributed by atoms with Crippen LogP contribution in [0.2, 0.25) is 0 Å². The molecule has 5 heteroatoms. The van der Waals surface area contributed by atoms with Gasteiger partial charge in [-0.25, -0.2) is 4.79 Å². The van der Waals surface area contributed by atoms with Crippen molar-refractivity contribution in [2.45, 2.75) is 50.8 Å². The smallest absolute Gasteiger partial charge is 0.410 e. The van der Waals surface area contributed by atoms with Crippen molar-refractivity contribution < 1.29 is 9.53 Å². The maximum Gasteiger partial charge on any atom is 0.410 e. The summed E-state index contributed by atoms with van der Waals surface area (Å²) in [5.74, 6) is 0. The Labute approximate surface area is 185 Å². The number of benzene rings is 2. The first kappa shape index (κ1) is 20.5. The molecule has 164 valence electrons. The lowest BCUT2D eigenvalue weighted by atomic mass is 9.85. The van der Waals surface area contributed by atoms with Crippen LogP contribution in [-0.4, -0.2) is 54.2 Å². The highest BCUT2D eigenvalue weighted by atomic mass is 16.6. The molecule has 2 saturated heterocycles. The summed E-state index contributed by atoms with van der Waals surface area (Å²) in [6, 6.07) is 17.4. The van der Waals surface area contributed by atoms with Crippen molar-refractivity contribution >= 4 is 6.09 Å². The number of rotatable bonds is 5. The molecule has 0 atom stereocenters. The number of nitrogens with one attached hydrogen (secondary N) is 1. The van der Waals surface area contributed by atoms with Crippen LogP contribution in [0.5, 0.6) is 0 Å². The Morgan fingerprint density at radius 2 is 1.65 bits per heavy atom. The van der Waals surface area contributed by atoms with Crippen LogP contribution in [0.15, 0.2) is 48.5 Å². The summed E-state index contributed by atoms with van der Waals surface area (Å²) in [5, 5.41) is 3.43. The predicted molar refractivity (Wildman–Crippen MR) is 123 cm³/mol. The highest BCUT2D eigenvalue weighted by molar-refractivity contribution is 5.71. The quantitative estimate of drug-likeness (QED) is 0.780. The fourth-order valence-corrected chi connectivity index (χ4v) is 5.33. The third kappa shape index (κ3) is 4.63. The lowest BCUT2D eigenvalue weighted by Gasteiger charge is -2.30. The molecule has 3 fully saturated rings. The Morgan fingerprint density at radius 1 is 0.903 bits per heavy atom. The van der Waals surface area contributed by atoms with Crippen molar-refractivity contribution in [3.05, 3.63) is 59.7 Å². The molecule has 31 heavy (non-hydrogen) atoms. The number of piperazine rings is 1. The summed E-state index contributed by atoms with van der Waals surface area (Å²) < 4.78 is 5.83. The molecule has 1 amide bonds. The highest BCUT2D eigenvalue weighted by Gasteiger charge is 2.45. The maximum atomic E-state index is 12.5. The SMILES string of the molecule is O=C1OC2(CCCCC2)CN1Cc1ccc(-c2ccccc2CN2CCNCC2)cc1. The van der Waals surface area contributed by atoms with Crippen LogP contribution in [0, 0.1) is 0 Å². The molecule has 2 aliphatic heterocycles. The van der Waals surface area contributed by atoms with E-state index in [1.807, 2.05) is 4.90 Å². The van der Waals surface area contributed by atoms with E-state index >= 15 is 0 Å². The van der Waals surface area contributed by atoms with Crippen LogP contribution in [-0.2, 0) is 17.8 Å². The van der Waals surface area contributed by atoms with E-state index in [-0.39, 0.29) is 11.7 Å². The maximum absolute atomic E-state index is 12.5. The van der Waals surface area contributed by atoms with Gasteiger partial charge in [0.1, 0.15) is 5.60 Å². The van der Waals surface area contributed by atoms with E-state index in [2.05, 4.69) is 58.7 Å². The summed E-state index contributed by atoms with van der Waals surface area (Å²) in [4.78, 5) is 16.9. The van der Waals surface area contributed by atoms with E-state index in [0.717, 1.165) is 57.7 Å². The minimum Gasteiger partial charge on any atom is -0.441 e. The van der Waals surface area contributed by atoms with E-state index in [9.17, 15) is 4.79 Å².